The largest absolute Gasteiger partial charge is 0.493 e. The molecule has 33 heavy (non-hydrogen) atoms. The Morgan fingerprint density at radius 1 is 1.27 bits per heavy atom. The highest BCUT2D eigenvalue weighted by Gasteiger charge is 2.31. The summed E-state index contributed by atoms with van der Waals surface area (Å²) in [5, 5.41) is 16.5. The number of carbonyl (C=O) groups excluding carboxylic acids is 1. The number of hydrogen-bond donors (Lipinski definition) is 2. The third kappa shape index (κ3) is 4.44. The van der Waals surface area contributed by atoms with Crippen molar-refractivity contribution in [2.24, 2.45) is 10.9 Å². The standard InChI is InChI=1S/C24H22ClN3O5/c1-31-23-10-22(33-28-23)26-11-19-18-8-17(20(25)9-21(18)27-24(19)30)14-2-4-16(5-3-14)32-12-13-6-15(29)7-13/h2-5,8-11,13,15,19,29H,6-7,12H2,1H3,(H,27,30). The number of anilines is 1. The Balaban J connectivity index is 1.35. The lowest BCUT2D eigenvalue weighted by molar-refractivity contribution is -0.115. The minimum atomic E-state index is -0.590. The first-order chi connectivity index (χ1) is 16.0. The van der Waals surface area contributed by atoms with E-state index in [1.54, 1.807) is 6.07 Å². The predicted molar refractivity (Wildman–Crippen MR) is 124 cm³/mol. The molecule has 0 bridgehead atoms. The van der Waals surface area contributed by atoms with Crippen LogP contribution in [0.15, 0.2) is 52.0 Å². The van der Waals surface area contributed by atoms with Crippen LogP contribution in [0, 0.1) is 5.92 Å². The highest BCUT2D eigenvalue weighted by atomic mass is 35.5. The van der Waals surface area contributed by atoms with E-state index >= 15 is 0 Å². The molecule has 3 aromatic rings. The zero-order valence-corrected chi connectivity index (χ0v) is 18.6. The Labute approximate surface area is 195 Å². The first-order valence-corrected chi connectivity index (χ1v) is 11.0. The first-order valence-electron chi connectivity index (χ1n) is 10.6. The Morgan fingerprint density at radius 3 is 2.76 bits per heavy atom. The van der Waals surface area contributed by atoms with Gasteiger partial charge in [-0.3, -0.25) is 4.79 Å². The number of amides is 1. The van der Waals surface area contributed by atoms with Gasteiger partial charge < -0.3 is 24.4 Å². The van der Waals surface area contributed by atoms with Crippen molar-refractivity contribution in [3.8, 4) is 22.8 Å². The molecule has 1 amide bonds. The van der Waals surface area contributed by atoms with Gasteiger partial charge in [-0.1, -0.05) is 23.7 Å². The van der Waals surface area contributed by atoms with E-state index < -0.39 is 5.92 Å². The minimum Gasteiger partial charge on any atom is -0.493 e. The summed E-state index contributed by atoms with van der Waals surface area (Å²) in [6.07, 6.45) is 2.93. The Morgan fingerprint density at radius 2 is 2.06 bits per heavy atom. The van der Waals surface area contributed by atoms with E-state index in [9.17, 15) is 9.90 Å². The number of hydrogen-bond acceptors (Lipinski definition) is 7. The molecule has 1 saturated carbocycles. The van der Waals surface area contributed by atoms with Crippen LogP contribution >= 0.6 is 11.6 Å². The Bertz CT molecular complexity index is 1200. The number of halogens is 1. The van der Waals surface area contributed by atoms with Gasteiger partial charge in [-0.25, -0.2) is 4.99 Å². The van der Waals surface area contributed by atoms with Crippen molar-refractivity contribution < 1.29 is 23.9 Å². The number of ether oxygens (including phenoxy) is 2. The van der Waals surface area contributed by atoms with Crippen molar-refractivity contribution in [1.29, 1.82) is 0 Å². The summed E-state index contributed by atoms with van der Waals surface area (Å²) in [6, 6.07) is 12.9. The maximum Gasteiger partial charge on any atom is 0.256 e. The number of rotatable bonds is 7. The van der Waals surface area contributed by atoms with Crippen LogP contribution in [0.2, 0.25) is 5.02 Å². The molecular weight excluding hydrogens is 446 g/mol. The lowest BCUT2D eigenvalue weighted by Gasteiger charge is -2.30. The molecule has 170 valence electrons. The van der Waals surface area contributed by atoms with Gasteiger partial charge in [0.05, 0.1) is 30.9 Å². The predicted octanol–water partition coefficient (Wildman–Crippen LogP) is 4.59. The van der Waals surface area contributed by atoms with Crippen LogP contribution in [-0.2, 0) is 4.79 Å². The SMILES string of the molecule is COc1cc(N=CC2C(=O)Nc3cc(Cl)c(-c4ccc(OCC5CC(O)C5)cc4)cc32)on1. The van der Waals surface area contributed by atoms with Gasteiger partial charge in [0, 0.05) is 17.5 Å². The van der Waals surface area contributed by atoms with Gasteiger partial charge >= 0.3 is 0 Å². The van der Waals surface area contributed by atoms with Crippen LogP contribution in [0.25, 0.3) is 11.1 Å². The third-order valence-corrected chi connectivity index (χ3v) is 6.23. The van der Waals surface area contributed by atoms with Crippen molar-refractivity contribution in [3.05, 3.63) is 53.1 Å². The second-order valence-corrected chi connectivity index (χ2v) is 8.61. The number of fused-ring (bicyclic) bond motifs is 1. The van der Waals surface area contributed by atoms with Gasteiger partial charge in [0.15, 0.2) is 0 Å². The van der Waals surface area contributed by atoms with Gasteiger partial charge in [0.1, 0.15) is 11.7 Å². The number of benzene rings is 2. The normalized spacial score (nSPS) is 21.5. The van der Waals surface area contributed by atoms with Crippen LogP contribution < -0.4 is 14.8 Å². The van der Waals surface area contributed by atoms with E-state index in [1.807, 2.05) is 30.3 Å². The molecule has 2 N–H and O–H groups in total. The summed E-state index contributed by atoms with van der Waals surface area (Å²) in [6.45, 7) is 0.599. The third-order valence-electron chi connectivity index (χ3n) is 5.91. The fraction of sp³-hybridized carbons (Fsp3) is 0.292. The smallest absolute Gasteiger partial charge is 0.256 e. The molecule has 1 atom stereocenters. The molecule has 1 unspecified atom stereocenters. The van der Waals surface area contributed by atoms with Gasteiger partial charge in [0.25, 0.3) is 11.8 Å². The highest BCUT2D eigenvalue weighted by molar-refractivity contribution is 6.34. The molecule has 1 aliphatic carbocycles. The number of aliphatic hydroxyl groups excluding tert-OH is 1. The van der Waals surface area contributed by atoms with Crippen LogP contribution in [0.1, 0.15) is 24.3 Å². The number of aliphatic hydroxyl groups is 1. The van der Waals surface area contributed by atoms with Gasteiger partial charge in [-0.05, 0) is 59.3 Å². The lowest BCUT2D eigenvalue weighted by atomic mass is 9.83. The molecule has 0 spiro atoms. The highest BCUT2D eigenvalue weighted by Crippen LogP contribution is 2.40. The second-order valence-electron chi connectivity index (χ2n) is 8.20. The van der Waals surface area contributed by atoms with Crippen molar-refractivity contribution in [3.63, 3.8) is 0 Å². The molecular formula is C24H22ClN3O5. The first kappa shape index (κ1) is 21.5. The zero-order chi connectivity index (χ0) is 22.9. The van der Waals surface area contributed by atoms with Crippen molar-refractivity contribution in [2.45, 2.75) is 24.9 Å². The number of nitrogens with zero attached hydrogens (tertiary/aromatic N) is 2. The molecule has 9 heteroatoms. The molecule has 8 nitrogen and oxygen atoms in total. The molecule has 2 heterocycles. The van der Waals surface area contributed by atoms with Crippen LogP contribution in [0.3, 0.4) is 0 Å². The molecule has 5 rings (SSSR count). The quantitative estimate of drug-likeness (QED) is 0.492. The maximum absolute atomic E-state index is 12.5. The zero-order valence-electron chi connectivity index (χ0n) is 17.8. The van der Waals surface area contributed by atoms with E-state index in [0.29, 0.717) is 29.1 Å². The monoisotopic (exact) mass is 467 g/mol. The molecule has 2 aliphatic rings. The van der Waals surface area contributed by atoms with Crippen LogP contribution in [0.4, 0.5) is 11.6 Å². The Kier molecular flexibility index (Phi) is 5.78. The lowest BCUT2D eigenvalue weighted by Crippen LogP contribution is -2.32. The number of nitrogens with one attached hydrogen (secondary N) is 1. The molecule has 1 aromatic heterocycles. The average molecular weight is 468 g/mol. The summed E-state index contributed by atoms with van der Waals surface area (Å²) in [5.74, 6) is 0.944. The molecule has 0 radical (unpaired) electrons. The summed E-state index contributed by atoms with van der Waals surface area (Å²) in [4.78, 5) is 16.8. The fourth-order valence-corrected chi connectivity index (χ4v) is 4.29. The van der Waals surface area contributed by atoms with E-state index in [1.165, 1.54) is 19.4 Å². The van der Waals surface area contributed by atoms with E-state index in [4.69, 9.17) is 25.6 Å². The summed E-state index contributed by atoms with van der Waals surface area (Å²) >= 11 is 6.54. The van der Waals surface area contributed by atoms with E-state index in [2.05, 4.69) is 15.5 Å². The average Bonchev–Trinajstić information content (AvgIpc) is 3.37. The summed E-state index contributed by atoms with van der Waals surface area (Å²) in [5.41, 5.74) is 3.14. The van der Waals surface area contributed by atoms with E-state index in [0.717, 1.165) is 35.3 Å². The molecule has 1 fully saturated rings. The second kappa shape index (κ2) is 8.88. The van der Waals surface area contributed by atoms with Gasteiger partial charge in [0.2, 0.25) is 5.91 Å². The van der Waals surface area contributed by atoms with Gasteiger partial charge in [-0.2, -0.15) is 0 Å². The number of aliphatic imine (C=N–C) groups is 1. The number of methoxy groups -OCH3 is 1. The summed E-state index contributed by atoms with van der Waals surface area (Å²) < 4.78 is 15.9. The van der Waals surface area contributed by atoms with Crippen molar-refractivity contribution in [2.75, 3.05) is 19.0 Å². The molecule has 0 saturated heterocycles. The summed E-state index contributed by atoms with van der Waals surface area (Å²) in [7, 11) is 1.48. The fourth-order valence-electron chi connectivity index (χ4n) is 4.01. The van der Waals surface area contributed by atoms with E-state index in [-0.39, 0.29) is 17.9 Å². The van der Waals surface area contributed by atoms with Crippen LogP contribution in [0.5, 0.6) is 11.6 Å². The van der Waals surface area contributed by atoms with Crippen molar-refractivity contribution >= 4 is 35.3 Å². The number of aromatic nitrogens is 1. The Hall–Kier alpha value is -3.36. The molecule has 2 aromatic carbocycles. The number of carbonyl (C=O) groups is 1. The maximum atomic E-state index is 12.5. The topological polar surface area (TPSA) is 106 Å². The van der Waals surface area contributed by atoms with Gasteiger partial charge in [-0.15, -0.1) is 0 Å². The van der Waals surface area contributed by atoms with Crippen LogP contribution in [-0.4, -0.2) is 42.2 Å². The van der Waals surface area contributed by atoms with Crippen molar-refractivity contribution in [1.82, 2.24) is 5.16 Å². The molecule has 1 aliphatic heterocycles. The minimum absolute atomic E-state index is 0.184.